The average molecular weight is 271 g/mol. The number of nitrogens with two attached hydrogens (primary N) is 1. The van der Waals surface area contributed by atoms with E-state index in [2.05, 4.69) is 4.98 Å². The second-order valence-electron chi connectivity index (χ2n) is 4.57. The fraction of sp³-hybridized carbons (Fsp3) is 0.667. The molecule has 1 aromatic heterocycles. The smallest absolute Gasteiger partial charge is 0.351 e. The van der Waals surface area contributed by atoms with Gasteiger partial charge < -0.3 is 20.3 Å². The Bertz CT molecular complexity index is 445. The predicted octanol–water partition coefficient (Wildman–Crippen LogP) is -0.0355. The summed E-state index contributed by atoms with van der Waals surface area (Å²) in [5.41, 5.74) is 5.84. The molecule has 0 saturated heterocycles. The topological polar surface area (TPSA) is 99.6 Å². The first kappa shape index (κ1) is 15.6. The van der Waals surface area contributed by atoms with Gasteiger partial charge in [0.2, 0.25) is 0 Å². The van der Waals surface area contributed by atoms with Crippen molar-refractivity contribution in [3.63, 3.8) is 0 Å². The number of aliphatic hydroxyl groups excluding tert-OH is 1. The van der Waals surface area contributed by atoms with Crippen LogP contribution in [0.5, 0.6) is 0 Å². The van der Waals surface area contributed by atoms with Crippen LogP contribution >= 0.6 is 0 Å². The van der Waals surface area contributed by atoms with E-state index in [1.807, 2.05) is 13.8 Å². The molecule has 0 radical (unpaired) electrons. The summed E-state index contributed by atoms with van der Waals surface area (Å²) in [6.07, 6.45) is 1.57. The Labute approximate surface area is 112 Å². The molecule has 0 spiro atoms. The molecule has 3 N–H and O–H groups in total. The monoisotopic (exact) mass is 271 g/mol. The number of ether oxygens (including phenoxy) is 2. The van der Waals surface area contributed by atoms with Crippen LogP contribution < -0.4 is 11.4 Å². The minimum absolute atomic E-state index is 0.0316. The number of anilines is 1. The van der Waals surface area contributed by atoms with Gasteiger partial charge in [-0.3, -0.25) is 4.57 Å². The summed E-state index contributed by atoms with van der Waals surface area (Å²) in [4.78, 5) is 15.3. The molecule has 7 heteroatoms. The van der Waals surface area contributed by atoms with E-state index in [1.54, 1.807) is 6.20 Å². The molecule has 108 valence electrons. The first-order valence-electron chi connectivity index (χ1n) is 6.16. The lowest BCUT2D eigenvalue weighted by Gasteiger charge is -2.11. The van der Waals surface area contributed by atoms with E-state index in [4.69, 9.17) is 20.3 Å². The molecule has 0 bridgehead atoms. The van der Waals surface area contributed by atoms with E-state index in [1.165, 1.54) is 4.57 Å². The number of rotatable bonds is 8. The van der Waals surface area contributed by atoms with Crippen LogP contribution in [0.3, 0.4) is 0 Å². The minimum atomic E-state index is -0.483. The molecule has 7 nitrogen and oxygen atoms in total. The zero-order valence-electron chi connectivity index (χ0n) is 11.3. The van der Waals surface area contributed by atoms with Gasteiger partial charge in [-0.2, -0.15) is 4.98 Å². The number of nitrogen functional groups attached to an aromatic ring is 1. The third-order valence-corrected chi connectivity index (χ3v) is 2.28. The first-order chi connectivity index (χ1) is 9.04. The molecule has 1 aromatic rings. The van der Waals surface area contributed by atoms with Gasteiger partial charge in [0, 0.05) is 18.4 Å². The Morgan fingerprint density at radius 2 is 2.21 bits per heavy atom. The van der Waals surface area contributed by atoms with Crippen LogP contribution in [0.25, 0.3) is 0 Å². The molecule has 0 fully saturated rings. The van der Waals surface area contributed by atoms with Crippen LogP contribution in [-0.4, -0.2) is 34.5 Å². The van der Waals surface area contributed by atoms with Gasteiger partial charge in [-0.05, 0) is 5.92 Å². The van der Waals surface area contributed by atoms with E-state index in [0.717, 1.165) is 0 Å². The van der Waals surface area contributed by atoms with Gasteiger partial charge in [0.1, 0.15) is 12.5 Å². The zero-order chi connectivity index (χ0) is 14.3. The highest BCUT2D eigenvalue weighted by Gasteiger charge is 2.07. The summed E-state index contributed by atoms with van der Waals surface area (Å²) in [6.45, 7) is 5.11. The van der Waals surface area contributed by atoms with E-state index < -0.39 is 5.69 Å². The second-order valence-corrected chi connectivity index (χ2v) is 4.57. The molecular weight excluding hydrogens is 250 g/mol. The van der Waals surface area contributed by atoms with Gasteiger partial charge >= 0.3 is 5.69 Å². The number of hydrogen-bond acceptors (Lipinski definition) is 6. The second kappa shape index (κ2) is 7.88. The molecule has 19 heavy (non-hydrogen) atoms. The standard InChI is InChI=1S/C12H21N3O4/c1-9(2)6-19-7-10-5-15(8-18-4-3-16)12(17)14-11(10)13/h5,9,16H,3-4,6-8H2,1-2H3,(H2,13,14,17). The number of aliphatic hydroxyl groups is 1. The molecular formula is C12H21N3O4. The highest BCUT2D eigenvalue weighted by atomic mass is 16.5. The van der Waals surface area contributed by atoms with E-state index in [-0.39, 0.29) is 25.8 Å². The van der Waals surface area contributed by atoms with Gasteiger partial charge in [-0.25, -0.2) is 4.79 Å². The van der Waals surface area contributed by atoms with Crippen molar-refractivity contribution < 1.29 is 14.6 Å². The Morgan fingerprint density at radius 3 is 2.84 bits per heavy atom. The van der Waals surface area contributed by atoms with Gasteiger partial charge in [0.15, 0.2) is 0 Å². The quantitative estimate of drug-likeness (QED) is 0.644. The Hall–Kier alpha value is -1.44. The number of nitrogens with zero attached hydrogens (tertiary/aromatic N) is 2. The van der Waals surface area contributed by atoms with Gasteiger partial charge in [0.05, 0.1) is 19.8 Å². The fourth-order valence-electron chi connectivity index (χ4n) is 1.38. The summed E-state index contributed by atoms with van der Waals surface area (Å²) < 4.78 is 11.8. The molecule has 0 saturated carbocycles. The van der Waals surface area contributed by atoms with Crippen molar-refractivity contribution in [3.8, 4) is 0 Å². The van der Waals surface area contributed by atoms with Crippen molar-refractivity contribution >= 4 is 5.82 Å². The lowest BCUT2D eigenvalue weighted by Crippen LogP contribution is -2.26. The average Bonchev–Trinajstić information content (AvgIpc) is 2.34. The third kappa shape index (κ3) is 5.37. The van der Waals surface area contributed by atoms with Crippen molar-refractivity contribution in [1.29, 1.82) is 0 Å². The highest BCUT2D eigenvalue weighted by Crippen LogP contribution is 2.08. The third-order valence-electron chi connectivity index (χ3n) is 2.28. The lowest BCUT2D eigenvalue weighted by atomic mass is 10.2. The predicted molar refractivity (Wildman–Crippen MR) is 70.4 cm³/mol. The maximum absolute atomic E-state index is 11.6. The number of aromatic nitrogens is 2. The van der Waals surface area contributed by atoms with Crippen molar-refractivity contribution in [2.45, 2.75) is 27.2 Å². The first-order valence-corrected chi connectivity index (χ1v) is 6.16. The van der Waals surface area contributed by atoms with Crippen LogP contribution in [0, 0.1) is 5.92 Å². The summed E-state index contributed by atoms with van der Waals surface area (Å²) in [5, 5.41) is 8.61. The summed E-state index contributed by atoms with van der Waals surface area (Å²) in [6, 6.07) is 0. The maximum Gasteiger partial charge on any atom is 0.351 e. The fourth-order valence-corrected chi connectivity index (χ4v) is 1.38. The zero-order valence-corrected chi connectivity index (χ0v) is 11.3. The largest absolute Gasteiger partial charge is 0.394 e. The molecule has 1 rings (SSSR count). The van der Waals surface area contributed by atoms with Crippen LogP contribution in [0.1, 0.15) is 19.4 Å². The van der Waals surface area contributed by atoms with Gasteiger partial charge in [-0.1, -0.05) is 13.8 Å². The Morgan fingerprint density at radius 1 is 1.47 bits per heavy atom. The van der Waals surface area contributed by atoms with E-state index in [0.29, 0.717) is 24.7 Å². The van der Waals surface area contributed by atoms with Gasteiger partial charge in [0.25, 0.3) is 0 Å². The molecule has 0 aliphatic heterocycles. The van der Waals surface area contributed by atoms with Gasteiger partial charge in [-0.15, -0.1) is 0 Å². The molecule has 0 aliphatic carbocycles. The normalized spacial score (nSPS) is 11.2. The van der Waals surface area contributed by atoms with Crippen molar-refractivity contribution in [2.24, 2.45) is 5.92 Å². The van der Waals surface area contributed by atoms with Crippen LogP contribution in [-0.2, 0) is 22.8 Å². The maximum atomic E-state index is 11.6. The van der Waals surface area contributed by atoms with Crippen LogP contribution in [0.15, 0.2) is 11.0 Å². The van der Waals surface area contributed by atoms with Crippen molar-refractivity contribution in [1.82, 2.24) is 9.55 Å². The molecule has 0 aromatic carbocycles. The van der Waals surface area contributed by atoms with Crippen LogP contribution in [0.2, 0.25) is 0 Å². The molecule has 1 heterocycles. The summed E-state index contributed by atoms with van der Waals surface area (Å²) in [5.74, 6) is 0.597. The Balaban J connectivity index is 2.69. The lowest BCUT2D eigenvalue weighted by molar-refractivity contribution is 0.0450. The molecule has 0 aliphatic rings. The molecule has 0 atom stereocenters. The van der Waals surface area contributed by atoms with Crippen molar-refractivity contribution in [3.05, 3.63) is 22.2 Å². The van der Waals surface area contributed by atoms with E-state index in [9.17, 15) is 4.79 Å². The minimum Gasteiger partial charge on any atom is -0.394 e. The Kier molecular flexibility index (Phi) is 6.48. The van der Waals surface area contributed by atoms with Crippen molar-refractivity contribution in [2.75, 3.05) is 25.6 Å². The highest BCUT2D eigenvalue weighted by molar-refractivity contribution is 5.36. The summed E-state index contributed by atoms with van der Waals surface area (Å²) >= 11 is 0. The molecule has 0 amide bonds. The molecule has 0 unspecified atom stereocenters. The summed E-state index contributed by atoms with van der Waals surface area (Å²) in [7, 11) is 0. The number of hydrogen-bond donors (Lipinski definition) is 2. The van der Waals surface area contributed by atoms with E-state index >= 15 is 0 Å². The SMILES string of the molecule is CC(C)COCc1cn(COCCO)c(=O)nc1N. The van der Waals surface area contributed by atoms with Crippen LogP contribution in [0.4, 0.5) is 5.82 Å².